The highest BCUT2D eigenvalue weighted by Crippen LogP contribution is 2.26. The number of benzene rings is 1. The molecule has 2 unspecified atom stereocenters. The number of nitrogens with one attached hydrogen (secondary N) is 1. The molecule has 2 atom stereocenters. The van der Waals surface area contributed by atoms with E-state index >= 15 is 0 Å². The highest BCUT2D eigenvalue weighted by Gasteiger charge is 2.26. The Labute approximate surface area is 191 Å². The predicted octanol–water partition coefficient (Wildman–Crippen LogP) is 4.76. The fourth-order valence-corrected chi connectivity index (χ4v) is 5.28. The molecule has 1 aliphatic rings. The molecule has 0 bridgehead atoms. The first-order valence-corrected chi connectivity index (χ1v) is 11.9. The Bertz CT molecular complexity index is 1210. The summed E-state index contributed by atoms with van der Waals surface area (Å²) < 4.78 is 7.64. The summed E-state index contributed by atoms with van der Waals surface area (Å²) in [7, 11) is 0. The molecule has 1 N–H and O–H groups in total. The topological polar surface area (TPSA) is 69.0 Å². The first-order chi connectivity index (χ1) is 15.5. The molecule has 7 heteroatoms. The molecule has 4 aromatic rings. The lowest BCUT2D eigenvalue weighted by atomic mass is 9.99. The summed E-state index contributed by atoms with van der Waals surface area (Å²) >= 11 is 1.57. The van der Waals surface area contributed by atoms with Crippen molar-refractivity contribution in [3.05, 3.63) is 77.1 Å². The molecule has 1 aromatic carbocycles. The van der Waals surface area contributed by atoms with Gasteiger partial charge >= 0.3 is 0 Å². The van der Waals surface area contributed by atoms with Gasteiger partial charge in [0.25, 0.3) is 5.91 Å². The number of carbonyl (C=O) groups excluding carboxylic acids is 1. The number of pyridine rings is 1. The molecular formula is C25H26N4O2S. The molecule has 5 rings (SSSR count). The molecule has 0 radical (unpaired) electrons. The highest BCUT2D eigenvalue weighted by molar-refractivity contribution is 7.16. The fourth-order valence-electron chi connectivity index (χ4n) is 4.47. The minimum absolute atomic E-state index is 0.109. The van der Waals surface area contributed by atoms with Crippen LogP contribution in [0.2, 0.25) is 0 Å². The maximum atomic E-state index is 13.1. The van der Waals surface area contributed by atoms with Crippen LogP contribution in [0.4, 0.5) is 0 Å². The third-order valence-corrected chi connectivity index (χ3v) is 6.70. The van der Waals surface area contributed by atoms with Crippen molar-refractivity contribution in [2.24, 2.45) is 0 Å². The van der Waals surface area contributed by atoms with Crippen LogP contribution in [-0.2, 0) is 11.2 Å². The van der Waals surface area contributed by atoms with Gasteiger partial charge < -0.3 is 10.1 Å². The van der Waals surface area contributed by atoms with Crippen molar-refractivity contribution in [2.75, 3.05) is 0 Å². The van der Waals surface area contributed by atoms with Crippen molar-refractivity contribution in [1.82, 2.24) is 20.1 Å². The monoisotopic (exact) mass is 446 g/mol. The van der Waals surface area contributed by atoms with Crippen LogP contribution in [0.1, 0.15) is 48.3 Å². The van der Waals surface area contributed by atoms with Crippen LogP contribution in [0.15, 0.2) is 60.2 Å². The van der Waals surface area contributed by atoms with Crippen LogP contribution in [0.5, 0.6) is 0 Å². The molecule has 1 fully saturated rings. The second-order valence-corrected chi connectivity index (χ2v) is 9.39. The first kappa shape index (κ1) is 20.8. The van der Waals surface area contributed by atoms with E-state index in [2.05, 4.69) is 59.6 Å². The standard InChI is InChI=1S/C25H26N4O2S/c1-16-12-20(13-17(2)31-16)27-24(30)23-15-19(22-8-11-32-25(22)28-23)14-18-4-6-21(7-5-18)29-10-3-9-26-29/h3-11,15-17,20H,12-14H2,1-2H3,(H,27,30). The minimum atomic E-state index is -0.109. The van der Waals surface area contributed by atoms with Gasteiger partial charge in [-0.2, -0.15) is 5.10 Å². The van der Waals surface area contributed by atoms with Crippen molar-refractivity contribution >= 4 is 27.5 Å². The number of carbonyl (C=O) groups is 1. The van der Waals surface area contributed by atoms with Gasteiger partial charge in [0.1, 0.15) is 10.5 Å². The summed E-state index contributed by atoms with van der Waals surface area (Å²) in [5, 5.41) is 10.6. The normalized spacial score (nSPS) is 21.0. The quantitative estimate of drug-likeness (QED) is 0.480. The second kappa shape index (κ2) is 8.84. The van der Waals surface area contributed by atoms with E-state index in [0.717, 1.165) is 40.7 Å². The van der Waals surface area contributed by atoms with Gasteiger partial charge in [0, 0.05) is 23.8 Å². The Morgan fingerprint density at radius 3 is 2.69 bits per heavy atom. The van der Waals surface area contributed by atoms with Crippen molar-refractivity contribution < 1.29 is 9.53 Å². The third kappa shape index (κ3) is 4.45. The lowest BCUT2D eigenvalue weighted by molar-refractivity contribution is -0.0408. The average molecular weight is 447 g/mol. The van der Waals surface area contributed by atoms with Crippen molar-refractivity contribution in [2.45, 2.75) is 51.4 Å². The second-order valence-electron chi connectivity index (χ2n) is 8.50. The number of hydrogen-bond acceptors (Lipinski definition) is 5. The summed E-state index contributed by atoms with van der Waals surface area (Å²) in [5.41, 5.74) is 3.80. The van der Waals surface area contributed by atoms with Gasteiger partial charge in [-0.25, -0.2) is 9.67 Å². The van der Waals surface area contributed by atoms with E-state index in [1.807, 2.05) is 28.4 Å². The number of amides is 1. The maximum Gasteiger partial charge on any atom is 0.270 e. The summed E-state index contributed by atoms with van der Waals surface area (Å²) in [5.74, 6) is -0.109. The summed E-state index contributed by atoms with van der Waals surface area (Å²) in [6.45, 7) is 4.11. The Morgan fingerprint density at radius 2 is 1.97 bits per heavy atom. The van der Waals surface area contributed by atoms with Crippen LogP contribution < -0.4 is 5.32 Å². The SMILES string of the molecule is CC1CC(NC(=O)c2cc(Cc3ccc(-n4cccn4)cc3)c3ccsc3n2)CC(C)O1. The summed E-state index contributed by atoms with van der Waals surface area (Å²) in [6.07, 6.45) is 6.39. The molecule has 1 aliphatic heterocycles. The fraction of sp³-hybridized carbons (Fsp3) is 0.320. The van der Waals surface area contributed by atoms with E-state index in [-0.39, 0.29) is 24.2 Å². The van der Waals surface area contributed by atoms with E-state index < -0.39 is 0 Å². The lowest BCUT2D eigenvalue weighted by Gasteiger charge is -2.32. The maximum absolute atomic E-state index is 13.1. The highest BCUT2D eigenvalue weighted by atomic mass is 32.1. The zero-order chi connectivity index (χ0) is 22.1. The molecule has 0 spiro atoms. The third-order valence-electron chi connectivity index (χ3n) is 5.89. The van der Waals surface area contributed by atoms with E-state index in [1.165, 1.54) is 5.56 Å². The molecule has 4 heterocycles. The average Bonchev–Trinajstić information content (AvgIpc) is 3.46. The molecule has 3 aromatic heterocycles. The minimum Gasteiger partial charge on any atom is -0.375 e. The molecular weight excluding hydrogens is 420 g/mol. The van der Waals surface area contributed by atoms with Crippen LogP contribution in [-0.4, -0.2) is 38.9 Å². The van der Waals surface area contributed by atoms with Gasteiger partial charge in [0.15, 0.2) is 0 Å². The van der Waals surface area contributed by atoms with Gasteiger partial charge in [0.05, 0.1) is 17.9 Å². The number of hydrogen-bond donors (Lipinski definition) is 1. The largest absolute Gasteiger partial charge is 0.375 e. The summed E-state index contributed by atoms with van der Waals surface area (Å²) in [6, 6.07) is 14.4. The van der Waals surface area contributed by atoms with Gasteiger partial charge in [-0.15, -0.1) is 11.3 Å². The van der Waals surface area contributed by atoms with E-state index in [4.69, 9.17) is 4.74 Å². The van der Waals surface area contributed by atoms with Crippen molar-refractivity contribution in [1.29, 1.82) is 0 Å². The molecule has 164 valence electrons. The van der Waals surface area contributed by atoms with Crippen LogP contribution in [0.25, 0.3) is 15.9 Å². The Balaban J connectivity index is 1.38. The Kier molecular flexibility index (Phi) is 5.76. The lowest BCUT2D eigenvalue weighted by Crippen LogP contribution is -2.44. The van der Waals surface area contributed by atoms with Crippen LogP contribution in [0.3, 0.4) is 0 Å². The van der Waals surface area contributed by atoms with E-state index in [9.17, 15) is 4.79 Å². The molecule has 1 saturated heterocycles. The number of thiophene rings is 1. The molecule has 32 heavy (non-hydrogen) atoms. The number of ether oxygens (including phenoxy) is 1. The molecule has 0 saturated carbocycles. The van der Waals surface area contributed by atoms with Gasteiger partial charge in [0.2, 0.25) is 0 Å². The molecule has 1 amide bonds. The zero-order valence-electron chi connectivity index (χ0n) is 18.2. The Hall–Kier alpha value is -3.03. The zero-order valence-corrected chi connectivity index (χ0v) is 19.0. The van der Waals surface area contributed by atoms with Gasteiger partial charge in [-0.3, -0.25) is 4.79 Å². The van der Waals surface area contributed by atoms with Crippen LogP contribution in [0, 0.1) is 0 Å². The Morgan fingerprint density at radius 1 is 1.19 bits per heavy atom. The smallest absolute Gasteiger partial charge is 0.270 e. The number of fused-ring (bicyclic) bond motifs is 1. The first-order valence-electron chi connectivity index (χ1n) is 11.0. The predicted molar refractivity (Wildman–Crippen MR) is 126 cm³/mol. The van der Waals surface area contributed by atoms with Gasteiger partial charge in [-0.1, -0.05) is 12.1 Å². The van der Waals surface area contributed by atoms with E-state index in [0.29, 0.717) is 5.69 Å². The number of aromatic nitrogens is 3. The van der Waals surface area contributed by atoms with Crippen molar-refractivity contribution in [3.63, 3.8) is 0 Å². The molecule has 0 aliphatic carbocycles. The number of rotatable bonds is 5. The van der Waals surface area contributed by atoms with Crippen LogP contribution >= 0.6 is 11.3 Å². The molecule has 6 nitrogen and oxygen atoms in total. The van der Waals surface area contributed by atoms with Gasteiger partial charge in [-0.05, 0) is 79.9 Å². The van der Waals surface area contributed by atoms with Crippen molar-refractivity contribution in [3.8, 4) is 5.69 Å². The summed E-state index contributed by atoms with van der Waals surface area (Å²) in [4.78, 5) is 18.6. The van der Waals surface area contributed by atoms with E-state index in [1.54, 1.807) is 17.5 Å². The number of nitrogens with zero attached hydrogens (tertiary/aromatic N) is 3.